The van der Waals surface area contributed by atoms with E-state index in [4.69, 9.17) is 0 Å². The fourth-order valence-corrected chi connectivity index (χ4v) is 3.47. The number of hydrogen-bond acceptors (Lipinski definition) is 4. The van der Waals surface area contributed by atoms with Crippen molar-refractivity contribution >= 4 is 5.91 Å². The fourth-order valence-electron chi connectivity index (χ4n) is 3.47. The van der Waals surface area contributed by atoms with E-state index in [1.165, 1.54) is 6.42 Å². The number of carbonyl (C=O) groups is 1. The van der Waals surface area contributed by atoms with Gasteiger partial charge in [0.25, 0.3) is 5.56 Å². The predicted octanol–water partition coefficient (Wildman–Crippen LogP) is 2.38. The highest BCUT2D eigenvalue weighted by Crippen LogP contribution is 2.23. The molecule has 1 fully saturated rings. The Hall–Kier alpha value is -2.50. The van der Waals surface area contributed by atoms with Crippen molar-refractivity contribution in [3.05, 3.63) is 46.1 Å². The highest BCUT2D eigenvalue weighted by atomic mass is 16.2. The summed E-state index contributed by atoms with van der Waals surface area (Å²) in [6, 6.07) is 3.79. The van der Waals surface area contributed by atoms with Crippen LogP contribution in [0.25, 0.3) is 11.4 Å². The number of hydrogen-bond donors (Lipinski definition) is 2. The molecule has 0 unspecified atom stereocenters. The number of nitrogens with one attached hydrogen (secondary N) is 2. The van der Waals surface area contributed by atoms with Gasteiger partial charge in [-0.05, 0) is 37.8 Å². The van der Waals surface area contributed by atoms with Gasteiger partial charge in [0.15, 0.2) is 0 Å². The van der Waals surface area contributed by atoms with Crippen LogP contribution in [0.3, 0.4) is 0 Å². The minimum absolute atomic E-state index is 0.0652. The third kappa shape index (κ3) is 4.32. The van der Waals surface area contributed by atoms with Gasteiger partial charge in [0, 0.05) is 35.3 Å². The number of rotatable bonds is 4. The SMILES string of the molecule is Cc1nc(-c2ccncc2)[nH]c(=O)c1CC(=O)N[C@H]1CCC[C@H](C)C1. The summed E-state index contributed by atoms with van der Waals surface area (Å²) in [6.45, 7) is 3.99. The fraction of sp³-hybridized carbons (Fsp3) is 0.474. The number of aryl methyl sites for hydroxylation is 1. The van der Waals surface area contributed by atoms with E-state index in [2.05, 4.69) is 27.2 Å². The first kappa shape index (κ1) is 17.3. The number of nitrogens with zero attached hydrogens (tertiary/aromatic N) is 2. The number of amides is 1. The number of H-pyrrole nitrogens is 1. The molecule has 2 N–H and O–H groups in total. The lowest BCUT2D eigenvalue weighted by molar-refractivity contribution is -0.121. The molecule has 3 rings (SSSR count). The molecule has 2 aromatic rings. The van der Waals surface area contributed by atoms with Gasteiger partial charge < -0.3 is 10.3 Å². The number of pyridine rings is 1. The highest BCUT2D eigenvalue weighted by molar-refractivity contribution is 5.79. The topological polar surface area (TPSA) is 87.7 Å². The van der Waals surface area contributed by atoms with Gasteiger partial charge in [-0.3, -0.25) is 14.6 Å². The molecule has 2 atom stereocenters. The van der Waals surface area contributed by atoms with Crippen LogP contribution in [0.2, 0.25) is 0 Å². The van der Waals surface area contributed by atoms with Crippen LogP contribution in [0, 0.1) is 12.8 Å². The molecule has 0 spiro atoms. The summed E-state index contributed by atoms with van der Waals surface area (Å²) in [5.74, 6) is 1.03. The van der Waals surface area contributed by atoms with Crippen molar-refractivity contribution in [3.8, 4) is 11.4 Å². The standard InChI is InChI=1S/C19H24N4O2/c1-12-4-3-5-15(10-12)22-17(24)11-16-13(2)21-18(23-19(16)25)14-6-8-20-9-7-14/h6-9,12,15H,3-5,10-11H2,1-2H3,(H,22,24)(H,21,23,25)/t12-,15-/m0/s1. The first-order chi connectivity index (χ1) is 12.0. The number of aromatic amines is 1. The molecule has 25 heavy (non-hydrogen) atoms. The van der Waals surface area contributed by atoms with Gasteiger partial charge in [0.1, 0.15) is 5.82 Å². The minimum atomic E-state index is -0.258. The monoisotopic (exact) mass is 340 g/mol. The van der Waals surface area contributed by atoms with E-state index < -0.39 is 0 Å². The third-order valence-electron chi connectivity index (χ3n) is 4.81. The van der Waals surface area contributed by atoms with Crippen molar-refractivity contribution < 1.29 is 4.79 Å². The lowest BCUT2D eigenvalue weighted by Gasteiger charge is -2.27. The van der Waals surface area contributed by atoms with Crippen molar-refractivity contribution in [2.24, 2.45) is 5.92 Å². The van der Waals surface area contributed by atoms with Crippen LogP contribution in [-0.2, 0) is 11.2 Å². The Bertz CT molecular complexity index is 801. The van der Waals surface area contributed by atoms with E-state index >= 15 is 0 Å². The van der Waals surface area contributed by atoms with E-state index in [9.17, 15) is 9.59 Å². The number of carbonyl (C=O) groups excluding carboxylic acids is 1. The molecule has 0 bridgehead atoms. The Balaban J connectivity index is 1.72. The summed E-state index contributed by atoms with van der Waals surface area (Å²) in [5, 5.41) is 3.07. The van der Waals surface area contributed by atoms with Crippen LogP contribution in [0.1, 0.15) is 43.9 Å². The average Bonchev–Trinajstić information content (AvgIpc) is 2.59. The molecule has 0 aromatic carbocycles. The lowest BCUT2D eigenvalue weighted by atomic mass is 9.87. The second-order valence-electron chi connectivity index (χ2n) is 6.93. The Morgan fingerprint density at radius 2 is 2.08 bits per heavy atom. The molecular formula is C19H24N4O2. The smallest absolute Gasteiger partial charge is 0.255 e. The molecule has 0 radical (unpaired) electrons. The Morgan fingerprint density at radius 1 is 1.32 bits per heavy atom. The van der Waals surface area contributed by atoms with Crippen molar-refractivity contribution in [1.29, 1.82) is 0 Å². The summed E-state index contributed by atoms with van der Waals surface area (Å²) in [7, 11) is 0. The van der Waals surface area contributed by atoms with E-state index in [0.29, 0.717) is 23.0 Å². The first-order valence-corrected chi connectivity index (χ1v) is 8.82. The maximum Gasteiger partial charge on any atom is 0.255 e. The molecule has 1 saturated carbocycles. The molecule has 1 aliphatic rings. The molecule has 6 heteroatoms. The summed E-state index contributed by atoms with van der Waals surface area (Å²) in [6.07, 6.45) is 7.77. The average molecular weight is 340 g/mol. The molecule has 0 saturated heterocycles. The summed E-state index contributed by atoms with van der Waals surface area (Å²) < 4.78 is 0. The molecule has 1 aliphatic carbocycles. The molecular weight excluding hydrogens is 316 g/mol. The molecule has 1 amide bonds. The first-order valence-electron chi connectivity index (χ1n) is 8.82. The van der Waals surface area contributed by atoms with Gasteiger partial charge >= 0.3 is 0 Å². The second kappa shape index (κ2) is 7.59. The van der Waals surface area contributed by atoms with E-state index in [1.807, 2.05) is 0 Å². The van der Waals surface area contributed by atoms with Crippen molar-refractivity contribution in [3.63, 3.8) is 0 Å². The summed E-state index contributed by atoms with van der Waals surface area (Å²) in [5.41, 5.74) is 1.55. The molecule has 132 valence electrons. The molecule has 2 heterocycles. The van der Waals surface area contributed by atoms with Gasteiger partial charge in [-0.1, -0.05) is 19.8 Å². The zero-order chi connectivity index (χ0) is 17.8. The van der Waals surface area contributed by atoms with Crippen LogP contribution in [0.5, 0.6) is 0 Å². The summed E-state index contributed by atoms with van der Waals surface area (Å²) in [4.78, 5) is 36.0. The van der Waals surface area contributed by atoms with E-state index in [-0.39, 0.29) is 23.9 Å². The van der Waals surface area contributed by atoms with E-state index in [0.717, 1.165) is 24.8 Å². The zero-order valence-electron chi connectivity index (χ0n) is 14.7. The van der Waals surface area contributed by atoms with Gasteiger partial charge in [0.2, 0.25) is 5.91 Å². The van der Waals surface area contributed by atoms with E-state index in [1.54, 1.807) is 31.5 Å². The quantitative estimate of drug-likeness (QED) is 0.894. The zero-order valence-corrected chi connectivity index (χ0v) is 14.7. The largest absolute Gasteiger partial charge is 0.353 e. The van der Waals surface area contributed by atoms with Crippen molar-refractivity contribution in [1.82, 2.24) is 20.3 Å². The third-order valence-corrected chi connectivity index (χ3v) is 4.81. The van der Waals surface area contributed by atoms with Crippen LogP contribution in [0.15, 0.2) is 29.3 Å². The van der Waals surface area contributed by atoms with Gasteiger partial charge in [-0.15, -0.1) is 0 Å². The van der Waals surface area contributed by atoms with Gasteiger partial charge in [-0.2, -0.15) is 0 Å². The number of aromatic nitrogens is 3. The van der Waals surface area contributed by atoms with Gasteiger partial charge in [-0.25, -0.2) is 4.98 Å². The molecule has 0 aliphatic heterocycles. The van der Waals surface area contributed by atoms with Crippen LogP contribution in [0.4, 0.5) is 0 Å². The maximum absolute atomic E-state index is 12.4. The normalized spacial score (nSPS) is 20.2. The van der Waals surface area contributed by atoms with Crippen LogP contribution < -0.4 is 10.9 Å². The minimum Gasteiger partial charge on any atom is -0.353 e. The van der Waals surface area contributed by atoms with Gasteiger partial charge in [0.05, 0.1) is 6.42 Å². The predicted molar refractivity (Wildman–Crippen MR) is 96.1 cm³/mol. The highest BCUT2D eigenvalue weighted by Gasteiger charge is 2.21. The lowest BCUT2D eigenvalue weighted by Crippen LogP contribution is -2.39. The van der Waals surface area contributed by atoms with Crippen molar-refractivity contribution in [2.75, 3.05) is 0 Å². The molecule has 2 aromatic heterocycles. The Morgan fingerprint density at radius 3 is 2.76 bits per heavy atom. The summed E-state index contributed by atoms with van der Waals surface area (Å²) >= 11 is 0. The van der Waals surface area contributed by atoms with Crippen molar-refractivity contribution in [2.45, 2.75) is 52.0 Å². The second-order valence-corrected chi connectivity index (χ2v) is 6.93. The van der Waals surface area contributed by atoms with Crippen LogP contribution >= 0.6 is 0 Å². The molecule has 6 nitrogen and oxygen atoms in total. The maximum atomic E-state index is 12.4. The Labute approximate surface area is 147 Å². The Kier molecular flexibility index (Phi) is 5.26. The van der Waals surface area contributed by atoms with Crippen LogP contribution in [-0.4, -0.2) is 26.9 Å².